The molecule has 2 nitrogen and oxygen atoms in total. The average molecular weight is 240 g/mol. The van der Waals surface area contributed by atoms with Crippen molar-refractivity contribution in [2.45, 2.75) is 59.3 Å². The molecular formula is C15H28O2. The molecule has 0 aliphatic carbocycles. The summed E-state index contributed by atoms with van der Waals surface area (Å²) >= 11 is 0. The van der Waals surface area contributed by atoms with Crippen molar-refractivity contribution in [1.82, 2.24) is 0 Å². The maximum atomic E-state index is 11.6. The molecule has 17 heavy (non-hydrogen) atoms. The zero-order valence-corrected chi connectivity index (χ0v) is 11.9. The summed E-state index contributed by atoms with van der Waals surface area (Å²) in [6.07, 6.45) is 11.0. The summed E-state index contributed by atoms with van der Waals surface area (Å²) in [6.45, 7) is 6.52. The smallest absolute Gasteiger partial charge is 0.312 e. The maximum Gasteiger partial charge on any atom is 0.312 e. The van der Waals surface area contributed by atoms with Gasteiger partial charge < -0.3 is 4.74 Å². The quantitative estimate of drug-likeness (QED) is 0.340. The zero-order chi connectivity index (χ0) is 13.1. The number of ether oxygens (including phenoxy) is 1. The molecule has 100 valence electrons. The second-order valence-corrected chi connectivity index (χ2v) is 4.75. The van der Waals surface area contributed by atoms with Gasteiger partial charge in [-0.3, -0.25) is 4.79 Å². The van der Waals surface area contributed by atoms with Crippen molar-refractivity contribution in [3.05, 3.63) is 12.2 Å². The lowest BCUT2D eigenvalue weighted by molar-refractivity contribution is -0.143. The Bertz CT molecular complexity index is 221. The van der Waals surface area contributed by atoms with E-state index in [2.05, 4.69) is 26.8 Å². The third-order valence-electron chi connectivity index (χ3n) is 3.19. The van der Waals surface area contributed by atoms with Crippen molar-refractivity contribution in [2.24, 2.45) is 11.8 Å². The van der Waals surface area contributed by atoms with Gasteiger partial charge in [-0.1, -0.05) is 65.0 Å². The second kappa shape index (κ2) is 10.4. The number of rotatable bonds is 9. The molecule has 0 N–H and O–H groups in total. The van der Waals surface area contributed by atoms with E-state index < -0.39 is 0 Å². The Balaban J connectivity index is 4.14. The zero-order valence-electron chi connectivity index (χ0n) is 11.9. The van der Waals surface area contributed by atoms with Gasteiger partial charge in [-0.05, 0) is 12.3 Å². The summed E-state index contributed by atoms with van der Waals surface area (Å²) in [5.74, 6) is 0.393. The van der Waals surface area contributed by atoms with Crippen molar-refractivity contribution in [2.75, 3.05) is 7.11 Å². The molecule has 0 rings (SSSR count). The molecule has 0 saturated carbocycles. The van der Waals surface area contributed by atoms with Crippen LogP contribution in [0.5, 0.6) is 0 Å². The fraction of sp³-hybridized carbons (Fsp3) is 0.800. The summed E-state index contributed by atoms with van der Waals surface area (Å²) in [6, 6.07) is 0. The van der Waals surface area contributed by atoms with E-state index in [1.807, 2.05) is 6.08 Å². The minimum absolute atomic E-state index is 0.0501. The lowest BCUT2D eigenvalue weighted by Crippen LogP contribution is -2.14. The normalized spacial score (nSPS) is 14.8. The van der Waals surface area contributed by atoms with E-state index in [9.17, 15) is 4.79 Å². The highest BCUT2D eigenvalue weighted by Crippen LogP contribution is 2.15. The highest BCUT2D eigenvalue weighted by Gasteiger charge is 2.15. The average Bonchev–Trinajstić information content (AvgIpc) is 2.36. The summed E-state index contributed by atoms with van der Waals surface area (Å²) in [5.41, 5.74) is 0. The number of carbonyl (C=O) groups is 1. The Hall–Kier alpha value is -0.790. The summed E-state index contributed by atoms with van der Waals surface area (Å²) in [5, 5.41) is 0. The van der Waals surface area contributed by atoms with Gasteiger partial charge >= 0.3 is 5.97 Å². The van der Waals surface area contributed by atoms with Crippen LogP contribution in [0.3, 0.4) is 0 Å². The van der Waals surface area contributed by atoms with Crippen molar-refractivity contribution < 1.29 is 9.53 Å². The fourth-order valence-corrected chi connectivity index (χ4v) is 1.69. The van der Waals surface area contributed by atoms with Gasteiger partial charge in [0.25, 0.3) is 0 Å². The van der Waals surface area contributed by atoms with Crippen LogP contribution in [-0.4, -0.2) is 13.1 Å². The van der Waals surface area contributed by atoms with Crippen molar-refractivity contribution >= 4 is 5.97 Å². The number of esters is 1. The Morgan fingerprint density at radius 2 is 1.88 bits per heavy atom. The molecule has 0 aromatic carbocycles. The van der Waals surface area contributed by atoms with Gasteiger partial charge in [-0.2, -0.15) is 0 Å². The maximum absolute atomic E-state index is 11.6. The van der Waals surface area contributed by atoms with Crippen LogP contribution >= 0.6 is 0 Å². The summed E-state index contributed by atoms with van der Waals surface area (Å²) in [7, 11) is 1.47. The Labute approximate surface area is 106 Å². The van der Waals surface area contributed by atoms with Gasteiger partial charge in [0.15, 0.2) is 0 Å². The van der Waals surface area contributed by atoms with Crippen molar-refractivity contribution in [3.63, 3.8) is 0 Å². The molecule has 0 aliphatic heterocycles. The van der Waals surface area contributed by atoms with Crippen LogP contribution in [0.4, 0.5) is 0 Å². The van der Waals surface area contributed by atoms with Gasteiger partial charge in [0, 0.05) is 0 Å². The Morgan fingerprint density at radius 1 is 1.18 bits per heavy atom. The Morgan fingerprint density at radius 3 is 2.41 bits per heavy atom. The van der Waals surface area contributed by atoms with E-state index in [4.69, 9.17) is 4.74 Å². The van der Waals surface area contributed by atoms with Crippen LogP contribution in [0.15, 0.2) is 12.2 Å². The number of hydrogen-bond acceptors (Lipinski definition) is 2. The number of unbranched alkanes of at least 4 members (excludes halogenated alkanes) is 3. The van der Waals surface area contributed by atoms with Gasteiger partial charge in [0.1, 0.15) is 0 Å². The molecular weight excluding hydrogens is 212 g/mol. The fourth-order valence-electron chi connectivity index (χ4n) is 1.69. The summed E-state index contributed by atoms with van der Waals surface area (Å²) in [4.78, 5) is 11.6. The number of methoxy groups -OCH3 is 1. The SMILES string of the molecule is CCCCCCC(/C=C\C(C)CC)C(=O)OC. The first-order valence-electron chi connectivity index (χ1n) is 6.91. The third kappa shape index (κ3) is 8.00. The minimum atomic E-state index is -0.0962. The van der Waals surface area contributed by atoms with Gasteiger partial charge in [0.2, 0.25) is 0 Å². The standard InChI is InChI=1S/C15H28O2/c1-5-7-8-9-10-14(15(16)17-4)12-11-13(3)6-2/h11-14H,5-10H2,1-4H3/b12-11-. The van der Waals surface area contributed by atoms with Crippen LogP contribution in [-0.2, 0) is 9.53 Å². The number of carbonyl (C=O) groups excluding carboxylic acids is 1. The predicted molar refractivity (Wildman–Crippen MR) is 72.9 cm³/mol. The molecule has 0 spiro atoms. The lowest BCUT2D eigenvalue weighted by Gasteiger charge is -2.11. The minimum Gasteiger partial charge on any atom is -0.469 e. The van der Waals surface area contributed by atoms with Gasteiger partial charge in [-0.15, -0.1) is 0 Å². The van der Waals surface area contributed by atoms with E-state index in [1.165, 1.54) is 26.4 Å². The Kier molecular flexibility index (Phi) is 9.89. The molecule has 0 fully saturated rings. The molecule has 0 bridgehead atoms. The first kappa shape index (κ1) is 16.2. The van der Waals surface area contributed by atoms with Crippen LogP contribution < -0.4 is 0 Å². The molecule has 0 aliphatic rings. The molecule has 0 aromatic rings. The van der Waals surface area contributed by atoms with E-state index in [0.29, 0.717) is 5.92 Å². The molecule has 0 aromatic heterocycles. The van der Waals surface area contributed by atoms with Crippen molar-refractivity contribution in [1.29, 1.82) is 0 Å². The first-order chi connectivity index (χ1) is 8.15. The van der Waals surface area contributed by atoms with E-state index in [0.717, 1.165) is 19.3 Å². The van der Waals surface area contributed by atoms with E-state index in [-0.39, 0.29) is 11.9 Å². The largest absolute Gasteiger partial charge is 0.469 e. The number of hydrogen-bond donors (Lipinski definition) is 0. The van der Waals surface area contributed by atoms with E-state index in [1.54, 1.807) is 0 Å². The van der Waals surface area contributed by atoms with Crippen LogP contribution in [0.25, 0.3) is 0 Å². The molecule has 0 amide bonds. The topological polar surface area (TPSA) is 26.3 Å². The van der Waals surface area contributed by atoms with Crippen LogP contribution in [0.2, 0.25) is 0 Å². The summed E-state index contributed by atoms with van der Waals surface area (Å²) < 4.78 is 4.85. The predicted octanol–water partition coefficient (Wildman–Crippen LogP) is 4.35. The van der Waals surface area contributed by atoms with Gasteiger partial charge in [-0.25, -0.2) is 0 Å². The van der Waals surface area contributed by atoms with Crippen LogP contribution in [0.1, 0.15) is 59.3 Å². The third-order valence-corrected chi connectivity index (χ3v) is 3.19. The molecule has 0 heterocycles. The van der Waals surface area contributed by atoms with Gasteiger partial charge in [0.05, 0.1) is 13.0 Å². The monoisotopic (exact) mass is 240 g/mol. The lowest BCUT2D eigenvalue weighted by atomic mass is 9.98. The van der Waals surface area contributed by atoms with Crippen LogP contribution in [0, 0.1) is 11.8 Å². The molecule has 2 heteroatoms. The molecule has 2 atom stereocenters. The number of allylic oxidation sites excluding steroid dienone is 1. The van der Waals surface area contributed by atoms with E-state index >= 15 is 0 Å². The van der Waals surface area contributed by atoms with Crippen molar-refractivity contribution in [3.8, 4) is 0 Å². The highest BCUT2D eigenvalue weighted by molar-refractivity contribution is 5.74. The molecule has 2 unspecified atom stereocenters. The molecule has 0 radical (unpaired) electrons. The first-order valence-corrected chi connectivity index (χ1v) is 6.91. The second-order valence-electron chi connectivity index (χ2n) is 4.75. The highest BCUT2D eigenvalue weighted by atomic mass is 16.5. The molecule has 0 saturated heterocycles.